The van der Waals surface area contributed by atoms with Crippen LogP contribution >= 0.6 is 0 Å². The van der Waals surface area contributed by atoms with Crippen molar-refractivity contribution in [2.75, 3.05) is 0 Å². The van der Waals surface area contributed by atoms with Crippen molar-refractivity contribution in [1.29, 1.82) is 0 Å². The largest absolute Gasteiger partial charge is 0.366 e. The summed E-state index contributed by atoms with van der Waals surface area (Å²) in [6.07, 6.45) is 0.715. The summed E-state index contributed by atoms with van der Waals surface area (Å²) in [6, 6.07) is 0. The van der Waals surface area contributed by atoms with Gasteiger partial charge in [-0.05, 0) is 18.3 Å². The first-order chi connectivity index (χ1) is 4.95. The maximum atomic E-state index is 10.6. The van der Waals surface area contributed by atoms with E-state index in [1.807, 2.05) is 0 Å². The molecule has 0 aliphatic heterocycles. The molecule has 0 spiro atoms. The Labute approximate surface area is 68.5 Å². The first-order valence-corrected chi connectivity index (χ1v) is 3.92. The fourth-order valence-electron chi connectivity index (χ4n) is 0.725. The number of carbonyl (C=O) groups is 1. The quantitative estimate of drug-likeness (QED) is 0.617. The van der Waals surface area contributed by atoms with E-state index >= 15 is 0 Å². The van der Waals surface area contributed by atoms with Gasteiger partial charge in [-0.25, -0.2) is 0 Å². The monoisotopic (exact) mass is 155 g/mol. The minimum absolute atomic E-state index is 0.377. The molecular weight excluding hydrogens is 138 g/mol. The Morgan fingerprint density at radius 1 is 1.45 bits per heavy atom. The van der Waals surface area contributed by atoms with Crippen LogP contribution in [0.15, 0.2) is 12.2 Å². The van der Waals surface area contributed by atoms with Gasteiger partial charge in [0.1, 0.15) is 0 Å². The third kappa shape index (κ3) is 3.81. The summed E-state index contributed by atoms with van der Waals surface area (Å²) in [5.74, 6) is 0.679. The summed E-state index contributed by atoms with van der Waals surface area (Å²) >= 11 is 0. The molecular formula is C9H17NO. The molecule has 2 heteroatoms. The second-order valence-electron chi connectivity index (χ2n) is 3.39. The van der Waals surface area contributed by atoms with Gasteiger partial charge in [-0.3, -0.25) is 4.79 Å². The van der Waals surface area contributed by atoms with E-state index in [2.05, 4.69) is 27.4 Å². The van der Waals surface area contributed by atoms with Crippen LogP contribution in [0, 0.1) is 11.8 Å². The molecule has 0 aromatic heterocycles. The predicted octanol–water partition coefficient (Wildman–Crippen LogP) is 1.71. The predicted molar refractivity (Wildman–Crippen MR) is 47.0 cm³/mol. The van der Waals surface area contributed by atoms with E-state index in [9.17, 15) is 4.79 Å². The molecule has 0 rings (SSSR count). The summed E-state index contributed by atoms with van der Waals surface area (Å²) in [6.45, 7) is 9.95. The molecule has 0 bridgehead atoms. The maximum Gasteiger partial charge on any atom is 0.244 e. The van der Waals surface area contributed by atoms with Crippen LogP contribution in [0.5, 0.6) is 0 Å². The van der Waals surface area contributed by atoms with Gasteiger partial charge < -0.3 is 5.73 Å². The molecule has 1 amide bonds. The standard InChI is InChI=1S/C9H17NO/c1-6(2)7(3)5-8(4)9(10)11/h6-7H,4-5H2,1-3H3,(H2,10,11). The average molecular weight is 155 g/mol. The summed E-state index contributed by atoms with van der Waals surface area (Å²) in [5, 5.41) is 0. The van der Waals surface area contributed by atoms with Crippen molar-refractivity contribution < 1.29 is 4.79 Å². The number of carbonyl (C=O) groups excluding carboxylic acids is 1. The van der Waals surface area contributed by atoms with Gasteiger partial charge in [-0.2, -0.15) is 0 Å². The molecule has 0 aromatic rings. The number of hydrogen-bond donors (Lipinski definition) is 1. The van der Waals surface area contributed by atoms with E-state index in [0.717, 1.165) is 0 Å². The number of amides is 1. The zero-order chi connectivity index (χ0) is 9.02. The minimum Gasteiger partial charge on any atom is -0.366 e. The van der Waals surface area contributed by atoms with E-state index < -0.39 is 0 Å². The van der Waals surface area contributed by atoms with E-state index in [-0.39, 0.29) is 5.91 Å². The van der Waals surface area contributed by atoms with Crippen LogP contribution in [-0.4, -0.2) is 5.91 Å². The molecule has 64 valence electrons. The minimum atomic E-state index is -0.377. The lowest BCUT2D eigenvalue weighted by molar-refractivity contribution is -0.114. The van der Waals surface area contributed by atoms with Crippen LogP contribution in [0.25, 0.3) is 0 Å². The third-order valence-corrected chi connectivity index (χ3v) is 2.05. The molecule has 0 heterocycles. The zero-order valence-electron chi connectivity index (χ0n) is 7.55. The molecule has 11 heavy (non-hydrogen) atoms. The molecule has 0 saturated heterocycles. The molecule has 0 fully saturated rings. The Morgan fingerprint density at radius 3 is 2.18 bits per heavy atom. The van der Waals surface area contributed by atoms with Gasteiger partial charge >= 0.3 is 0 Å². The van der Waals surface area contributed by atoms with Gasteiger partial charge in [0.2, 0.25) is 5.91 Å². The smallest absolute Gasteiger partial charge is 0.244 e. The highest BCUT2D eigenvalue weighted by Gasteiger charge is 2.11. The highest BCUT2D eigenvalue weighted by molar-refractivity contribution is 5.91. The van der Waals surface area contributed by atoms with Gasteiger partial charge in [-0.1, -0.05) is 27.4 Å². The van der Waals surface area contributed by atoms with Crippen molar-refractivity contribution in [3.63, 3.8) is 0 Å². The highest BCUT2D eigenvalue weighted by Crippen LogP contribution is 2.17. The van der Waals surface area contributed by atoms with Crippen LogP contribution in [0.1, 0.15) is 27.2 Å². The van der Waals surface area contributed by atoms with Crippen molar-refractivity contribution in [1.82, 2.24) is 0 Å². The van der Waals surface area contributed by atoms with Gasteiger partial charge in [0.25, 0.3) is 0 Å². The zero-order valence-corrected chi connectivity index (χ0v) is 7.55. The number of rotatable bonds is 4. The molecule has 2 N–H and O–H groups in total. The number of nitrogens with two attached hydrogens (primary N) is 1. The Hall–Kier alpha value is -0.790. The highest BCUT2D eigenvalue weighted by atomic mass is 16.1. The van der Waals surface area contributed by atoms with Crippen LogP contribution in [-0.2, 0) is 4.79 Å². The molecule has 0 aliphatic rings. The average Bonchev–Trinajstić information content (AvgIpc) is 1.87. The van der Waals surface area contributed by atoms with Crippen LogP contribution < -0.4 is 5.73 Å². The van der Waals surface area contributed by atoms with Crippen molar-refractivity contribution in [2.24, 2.45) is 17.6 Å². The van der Waals surface area contributed by atoms with E-state index in [1.165, 1.54) is 0 Å². The molecule has 1 atom stereocenters. The Morgan fingerprint density at radius 2 is 1.91 bits per heavy atom. The summed E-state index contributed by atoms with van der Waals surface area (Å²) in [7, 11) is 0. The van der Waals surface area contributed by atoms with Crippen LogP contribution in [0.2, 0.25) is 0 Å². The van der Waals surface area contributed by atoms with Gasteiger partial charge in [0.05, 0.1) is 0 Å². The second-order valence-corrected chi connectivity index (χ2v) is 3.39. The third-order valence-electron chi connectivity index (χ3n) is 2.05. The fourth-order valence-corrected chi connectivity index (χ4v) is 0.725. The maximum absolute atomic E-state index is 10.6. The van der Waals surface area contributed by atoms with Crippen LogP contribution in [0.4, 0.5) is 0 Å². The first-order valence-electron chi connectivity index (χ1n) is 3.92. The van der Waals surface area contributed by atoms with Crippen molar-refractivity contribution >= 4 is 5.91 Å². The summed E-state index contributed by atoms with van der Waals surface area (Å²) < 4.78 is 0. The van der Waals surface area contributed by atoms with Gasteiger partial charge in [0, 0.05) is 5.57 Å². The fraction of sp³-hybridized carbons (Fsp3) is 0.667. The number of hydrogen-bond acceptors (Lipinski definition) is 1. The van der Waals surface area contributed by atoms with Gasteiger partial charge in [-0.15, -0.1) is 0 Å². The lowest BCUT2D eigenvalue weighted by atomic mass is 9.91. The second kappa shape index (κ2) is 4.16. The number of primary amides is 1. The molecule has 2 nitrogen and oxygen atoms in total. The van der Waals surface area contributed by atoms with E-state index in [4.69, 9.17) is 5.73 Å². The topological polar surface area (TPSA) is 43.1 Å². The molecule has 0 saturated carbocycles. The summed E-state index contributed by atoms with van der Waals surface area (Å²) in [5.41, 5.74) is 5.58. The lowest BCUT2D eigenvalue weighted by Gasteiger charge is -2.14. The first kappa shape index (κ1) is 10.2. The van der Waals surface area contributed by atoms with Crippen LogP contribution in [0.3, 0.4) is 0 Å². The van der Waals surface area contributed by atoms with Gasteiger partial charge in [0.15, 0.2) is 0 Å². The molecule has 0 aliphatic carbocycles. The molecule has 0 radical (unpaired) electrons. The van der Waals surface area contributed by atoms with Crippen molar-refractivity contribution in [2.45, 2.75) is 27.2 Å². The van der Waals surface area contributed by atoms with E-state index in [1.54, 1.807) is 0 Å². The van der Waals surface area contributed by atoms with E-state index in [0.29, 0.717) is 23.8 Å². The summed E-state index contributed by atoms with van der Waals surface area (Å²) in [4.78, 5) is 10.6. The molecule has 0 aromatic carbocycles. The normalized spacial score (nSPS) is 13.1. The van der Waals surface area contributed by atoms with Crippen molar-refractivity contribution in [3.8, 4) is 0 Å². The van der Waals surface area contributed by atoms with Crippen molar-refractivity contribution in [3.05, 3.63) is 12.2 Å². The Bertz CT molecular complexity index is 161. The Kier molecular flexibility index (Phi) is 3.86. The molecule has 1 unspecified atom stereocenters. The SMILES string of the molecule is C=C(CC(C)C(C)C)C(N)=O. The Balaban J connectivity index is 3.85. The lowest BCUT2D eigenvalue weighted by Crippen LogP contribution is -2.16.